The first-order chi connectivity index (χ1) is 10.3. The molecule has 1 aliphatic heterocycles. The molecule has 5 atom stereocenters. The van der Waals surface area contributed by atoms with Crippen molar-refractivity contribution in [3.8, 4) is 0 Å². The van der Waals surface area contributed by atoms with Gasteiger partial charge in [0.15, 0.2) is 0 Å². The van der Waals surface area contributed by atoms with Gasteiger partial charge in [-0.05, 0) is 62.3 Å². The average molecular weight is 288 g/mol. The van der Waals surface area contributed by atoms with Crippen LogP contribution < -0.4 is 10.6 Å². The molecule has 5 rings (SSSR count). The summed E-state index contributed by atoms with van der Waals surface area (Å²) in [6.45, 7) is 0.975. The van der Waals surface area contributed by atoms with E-state index < -0.39 is 0 Å². The lowest BCUT2D eigenvalue weighted by Crippen LogP contribution is -2.30. The Morgan fingerprint density at radius 2 is 2.05 bits per heavy atom. The van der Waals surface area contributed by atoms with Crippen LogP contribution in [0.25, 0.3) is 0 Å². The molecule has 112 valence electrons. The highest BCUT2D eigenvalue weighted by molar-refractivity contribution is 5.90. The van der Waals surface area contributed by atoms with Gasteiger partial charge in [0.2, 0.25) is 5.89 Å². The van der Waals surface area contributed by atoms with Gasteiger partial charge < -0.3 is 15.2 Å². The lowest BCUT2D eigenvalue weighted by atomic mass is 10.0. The fraction of sp³-hybridized carbons (Fsp3) is 0.800. The van der Waals surface area contributed by atoms with Crippen LogP contribution in [-0.4, -0.2) is 28.6 Å². The van der Waals surface area contributed by atoms with Crippen molar-refractivity contribution in [1.82, 2.24) is 20.8 Å². The topological polar surface area (TPSA) is 80.0 Å². The van der Waals surface area contributed by atoms with Crippen LogP contribution in [-0.2, 0) is 0 Å². The molecule has 2 heterocycles. The smallest absolute Gasteiger partial charge is 0.292 e. The maximum Gasteiger partial charge on any atom is 0.292 e. The fourth-order valence-corrected chi connectivity index (χ4v) is 5.10. The first-order valence-corrected chi connectivity index (χ1v) is 8.19. The second-order valence-corrected chi connectivity index (χ2v) is 7.09. The minimum absolute atomic E-state index is 0.121. The highest BCUT2D eigenvalue weighted by atomic mass is 16.5. The number of fused-ring (bicyclic) bond motifs is 5. The zero-order chi connectivity index (χ0) is 14.0. The molecule has 5 unspecified atom stereocenters. The van der Waals surface area contributed by atoms with E-state index in [2.05, 4.69) is 20.8 Å². The molecule has 2 bridgehead atoms. The molecular weight excluding hydrogens is 268 g/mol. The van der Waals surface area contributed by atoms with Crippen molar-refractivity contribution in [2.24, 2.45) is 23.7 Å². The summed E-state index contributed by atoms with van der Waals surface area (Å²) in [6.07, 6.45) is 6.22. The Balaban J connectivity index is 1.25. The quantitative estimate of drug-likeness (QED) is 0.875. The van der Waals surface area contributed by atoms with Gasteiger partial charge in [-0.25, -0.2) is 0 Å². The average Bonchev–Trinajstić information content (AvgIpc) is 3.10. The van der Waals surface area contributed by atoms with Gasteiger partial charge in [0, 0.05) is 6.04 Å². The monoisotopic (exact) mass is 288 g/mol. The summed E-state index contributed by atoms with van der Waals surface area (Å²) in [5.41, 5.74) is 0. The van der Waals surface area contributed by atoms with Crippen molar-refractivity contribution < 1.29 is 9.32 Å². The van der Waals surface area contributed by atoms with Crippen molar-refractivity contribution in [3.63, 3.8) is 0 Å². The zero-order valence-electron chi connectivity index (χ0n) is 11.9. The number of rotatable bonds is 3. The van der Waals surface area contributed by atoms with Crippen molar-refractivity contribution >= 4 is 5.91 Å². The highest BCUT2D eigenvalue weighted by Crippen LogP contribution is 2.65. The number of hydrogen-bond donors (Lipinski definition) is 2. The number of nitrogens with one attached hydrogen (secondary N) is 2. The Morgan fingerprint density at radius 1 is 1.24 bits per heavy atom. The van der Waals surface area contributed by atoms with Gasteiger partial charge in [-0.2, -0.15) is 4.98 Å². The molecule has 1 saturated heterocycles. The number of nitrogens with zero attached hydrogens (tertiary/aromatic N) is 2. The molecule has 0 radical (unpaired) electrons. The largest absolute Gasteiger partial charge is 0.346 e. The van der Waals surface area contributed by atoms with Crippen LogP contribution in [0.1, 0.15) is 54.7 Å². The third kappa shape index (κ3) is 1.78. The van der Waals surface area contributed by atoms with Gasteiger partial charge in [-0.1, -0.05) is 5.16 Å². The Bertz CT molecular complexity index is 564. The minimum atomic E-state index is -0.165. The van der Waals surface area contributed by atoms with Gasteiger partial charge in [-0.15, -0.1) is 0 Å². The summed E-state index contributed by atoms with van der Waals surface area (Å²) in [6, 6.07) is 0.491. The van der Waals surface area contributed by atoms with E-state index in [-0.39, 0.29) is 17.8 Å². The molecule has 3 saturated carbocycles. The van der Waals surface area contributed by atoms with Crippen LogP contribution in [0, 0.1) is 23.7 Å². The minimum Gasteiger partial charge on any atom is -0.346 e. The number of carbonyl (C=O) groups is 1. The van der Waals surface area contributed by atoms with Gasteiger partial charge in [0.25, 0.3) is 11.7 Å². The second kappa shape index (κ2) is 4.29. The maximum atomic E-state index is 12.3. The number of amides is 1. The third-order valence-corrected chi connectivity index (χ3v) is 6.04. The number of aromatic nitrogens is 2. The van der Waals surface area contributed by atoms with Gasteiger partial charge in [-0.3, -0.25) is 4.79 Å². The molecule has 1 aromatic heterocycles. The molecule has 6 heteroatoms. The van der Waals surface area contributed by atoms with Crippen molar-refractivity contribution in [1.29, 1.82) is 0 Å². The van der Waals surface area contributed by atoms with Crippen LogP contribution in [0.5, 0.6) is 0 Å². The predicted octanol–water partition coefficient (Wildman–Crippen LogP) is 1.27. The van der Waals surface area contributed by atoms with Gasteiger partial charge in [0.1, 0.15) is 0 Å². The Hall–Kier alpha value is -1.43. The normalized spacial score (nSPS) is 43.0. The van der Waals surface area contributed by atoms with Crippen LogP contribution in [0.3, 0.4) is 0 Å². The van der Waals surface area contributed by atoms with E-state index in [4.69, 9.17) is 4.52 Å². The summed E-state index contributed by atoms with van der Waals surface area (Å²) in [5, 5.41) is 10.3. The van der Waals surface area contributed by atoms with Gasteiger partial charge >= 0.3 is 0 Å². The van der Waals surface area contributed by atoms with Gasteiger partial charge in [0.05, 0.1) is 6.04 Å². The van der Waals surface area contributed by atoms with E-state index in [1.54, 1.807) is 0 Å². The molecule has 2 N–H and O–H groups in total. The molecule has 3 aliphatic carbocycles. The van der Waals surface area contributed by atoms with E-state index in [0.29, 0.717) is 11.9 Å². The molecule has 4 aliphatic rings. The van der Waals surface area contributed by atoms with E-state index in [9.17, 15) is 4.79 Å². The zero-order valence-corrected chi connectivity index (χ0v) is 11.9. The van der Waals surface area contributed by atoms with Crippen LogP contribution >= 0.6 is 0 Å². The van der Waals surface area contributed by atoms with E-state index >= 15 is 0 Å². The van der Waals surface area contributed by atoms with Crippen molar-refractivity contribution in [3.05, 3.63) is 11.7 Å². The Morgan fingerprint density at radius 3 is 2.76 bits per heavy atom. The number of hydrogen-bond acceptors (Lipinski definition) is 5. The van der Waals surface area contributed by atoms with E-state index in [1.165, 1.54) is 19.3 Å². The summed E-state index contributed by atoms with van der Waals surface area (Å²) < 4.78 is 5.24. The molecule has 21 heavy (non-hydrogen) atoms. The first-order valence-electron chi connectivity index (χ1n) is 8.19. The molecule has 6 nitrogen and oxygen atoms in total. The Labute approximate surface area is 123 Å². The lowest BCUT2D eigenvalue weighted by Gasteiger charge is -2.08. The second-order valence-electron chi connectivity index (χ2n) is 7.09. The number of carbonyl (C=O) groups excluding carboxylic acids is 1. The van der Waals surface area contributed by atoms with E-state index in [1.807, 2.05) is 0 Å². The summed E-state index contributed by atoms with van der Waals surface area (Å²) in [7, 11) is 0. The fourth-order valence-electron chi connectivity index (χ4n) is 5.10. The van der Waals surface area contributed by atoms with Crippen molar-refractivity contribution in [2.75, 3.05) is 6.54 Å². The Kier molecular flexibility index (Phi) is 2.48. The van der Waals surface area contributed by atoms with Crippen LogP contribution in [0.2, 0.25) is 0 Å². The lowest BCUT2D eigenvalue weighted by molar-refractivity contribution is 0.0931. The predicted molar refractivity (Wildman–Crippen MR) is 73.3 cm³/mol. The highest BCUT2D eigenvalue weighted by Gasteiger charge is 2.65. The molecule has 1 aromatic rings. The standard InChI is InChI=1S/C15H20N4O2/c20-14(13-18-15(21-19-13)9-2-1-5-16-9)17-12-10-7-3-4-8(6-7)11(10)12/h7-12,16H,1-6H2,(H,17,20). The van der Waals surface area contributed by atoms with Crippen molar-refractivity contribution in [2.45, 2.75) is 44.2 Å². The summed E-state index contributed by atoms with van der Waals surface area (Å²) in [4.78, 5) is 16.5. The molecule has 0 aromatic carbocycles. The first kappa shape index (κ1) is 12.1. The third-order valence-electron chi connectivity index (χ3n) is 6.04. The van der Waals surface area contributed by atoms with E-state index in [0.717, 1.165) is 43.1 Å². The molecular formula is C15H20N4O2. The molecule has 4 fully saturated rings. The van der Waals surface area contributed by atoms with Crippen LogP contribution in [0.4, 0.5) is 0 Å². The molecule has 0 spiro atoms. The maximum absolute atomic E-state index is 12.3. The van der Waals surface area contributed by atoms with Crippen LogP contribution in [0.15, 0.2) is 4.52 Å². The molecule has 1 amide bonds. The summed E-state index contributed by atoms with van der Waals surface area (Å²) in [5.74, 6) is 3.75. The summed E-state index contributed by atoms with van der Waals surface area (Å²) >= 11 is 0. The SMILES string of the molecule is O=C(NC1C2C3CCC(C3)C12)c1noc(C2CCCN2)n1.